The van der Waals surface area contributed by atoms with Crippen LogP contribution in [0.3, 0.4) is 0 Å². The summed E-state index contributed by atoms with van der Waals surface area (Å²) in [4.78, 5) is 23.5. The highest BCUT2D eigenvalue weighted by atomic mass is 16.2. The van der Waals surface area contributed by atoms with Crippen LogP contribution >= 0.6 is 0 Å². The maximum Gasteiger partial charge on any atom is 0.253 e. The first-order chi connectivity index (χ1) is 9.86. The number of aryl methyl sites for hydroxylation is 3. The molecule has 6 heteroatoms. The van der Waals surface area contributed by atoms with Gasteiger partial charge in [-0.25, -0.2) is 0 Å². The van der Waals surface area contributed by atoms with Crippen LogP contribution in [0.5, 0.6) is 0 Å². The lowest BCUT2D eigenvalue weighted by Gasteiger charge is -2.15. The van der Waals surface area contributed by atoms with Gasteiger partial charge in [-0.2, -0.15) is 5.10 Å². The Morgan fingerprint density at radius 2 is 2.10 bits per heavy atom. The van der Waals surface area contributed by atoms with E-state index in [1.54, 1.807) is 7.05 Å². The zero-order valence-electron chi connectivity index (χ0n) is 12.8. The molecule has 0 fully saturated rings. The zero-order chi connectivity index (χ0) is 15.6. The summed E-state index contributed by atoms with van der Waals surface area (Å²) in [5, 5.41) is 7.29. The standard InChI is InChI=1S/C15H20N4O2/c1-10-7-12(3)19(17-10)8-11(2)16-15(21)13-5-6-14(20)18(4)9-13/h5-7,9,11H,8H2,1-4H3,(H,16,21)/t11-/m0/s1. The normalized spacial score (nSPS) is 12.2. The lowest BCUT2D eigenvalue weighted by molar-refractivity contribution is 0.0935. The molecule has 112 valence electrons. The van der Waals surface area contributed by atoms with E-state index in [2.05, 4.69) is 10.4 Å². The Hall–Kier alpha value is -2.37. The summed E-state index contributed by atoms with van der Waals surface area (Å²) in [6, 6.07) is 4.86. The zero-order valence-corrected chi connectivity index (χ0v) is 12.8. The van der Waals surface area contributed by atoms with E-state index in [0.717, 1.165) is 11.4 Å². The molecule has 0 saturated heterocycles. The minimum atomic E-state index is -0.195. The van der Waals surface area contributed by atoms with Crippen molar-refractivity contribution >= 4 is 5.91 Å². The monoisotopic (exact) mass is 288 g/mol. The number of carbonyl (C=O) groups is 1. The minimum Gasteiger partial charge on any atom is -0.348 e. The molecule has 0 aromatic carbocycles. The fourth-order valence-electron chi connectivity index (χ4n) is 2.20. The van der Waals surface area contributed by atoms with E-state index in [-0.39, 0.29) is 17.5 Å². The van der Waals surface area contributed by atoms with Crippen molar-refractivity contribution in [1.29, 1.82) is 0 Å². The predicted octanol–water partition coefficient (Wildman–Crippen LogP) is 1.02. The smallest absolute Gasteiger partial charge is 0.253 e. The Morgan fingerprint density at radius 3 is 2.67 bits per heavy atom. The molecule has 1 atom stereocenters. The largest absolute Gasteiger partial charge is 0.348 e. The summed E-state index contributed by atoms with van der Waals surface area (Å²) < 4.78 is 3.27. The molecule has 2 aromatic heterocycles. The first kappa shape index (κ1) is 15.0. The SMILES string of the molecule is Cc1cc(C)n(C[C@H](C)NC(=O)c2ccc(=O)n(C)c2)n1. The van der Waals surface area contributed by atoms with Crippen LogP contribution in [0.15, 0.2) is 29.2 Å². The lowest BCUT2D eigenvalue weighted by atomic mass is 10.2. The van der Waals surface area contributed by atoms with Crippen molar-refractivity contribution in [3.63, 3.8) is 0 Å². The summed E-state index contributed by atoms with van der Waals surface area (Å²) in [6.07, 6.45) is 1.54. The molecule has 0 aliphatic heterocycles. The van der Waals surface area contributed by atoms with Crippen LogP contribution in [0.25, 0.3) is 0 Å². The van der Waals surface area contributed by atoms with Crippen molar-refractivity contribution in [2.75, 3.05) is 0 Å². The Kier molecular flexibility index (Phi) is 4.26. The van der Waals surface area contributed by atoms with Crippen LogP contribution in [0.1, 0.15) is 28.7 Å². The number of amides is 1. The minimum absolute atomic E-state index is 0.0623. The fourth-order valence-corrected chi connectivity index (χ4v) is 2.20. The van der Waals surface area contributed by atoms with Crippen LogP contribution in [0.2, 0.25) is 0 Å². The van der Waals surface area contributed by atoms with Gasteiger partial charge in [-0.1, -0.05) is 0 Å². The van der Waals surface area contributed by atoms with Crippen LogP contribution in [0.4, 0.5) is 0 Å². The molecular weight excluding hydrogens is 268 g/mol. The van der Waals surface area contributed by atoms with Crippen LogP contribution in [-0.4, -0.2) is 26.3 Å². The summed E-state index contributed by atoms with van der Waals surface area (Å²) in [5.74, 6) is -0.195. The highest BCUT2D eigenvalue weighted by molar-refractivity contribution is 5.94. The average Bonchev–Trinajstić information content (AvgIpc) is 2.70. The van der Waals surface area contributed by atoms with E-state index in [1.807, 2.05) is 31.5 Å². The number of nitrogens with one attached hydrogen (secondary N) is 1. The average molecular weight is 288 g/mol. The number of carbonyl (C=O) groups excluding carboxylic acids is 1. The molecule has 2 rings (SSSR count). The molecule has 1 amide bonds. The third-order valence-corrected chi connectivity index (χ3v) is 3.28. The Morgan fingerprint density at radius 1 is 1.38 bits per heavy atom. The quantitative estimate of drug-likeness (QED) is 0.913. The Labute approximate surface area is 123 Å². The van der Waals surface area contributed by atoms with Crippen molar-refractivity contribution in [2.24, 2.45) is 7.05 Å². The fraction of sp³-hybridized carbons (Fsp3) is 0.400. The second kappa shape index (κ2) is 5.95. The molecule has 0 spiro atoms. The van der Waals surface area contributed by atoms with Crippen LogP contribution in [0, 0.1) is 13.8 Å². The Bertz CT molecular complexity index is 715. The van der Waals surface area contributed by atoms with E-state index in [1.165, 1.54) is 22.9 Å². The van der Waals surface area contributed by atoms with Gasteiger partial charge >= 0.3 is 0 Å². The van der Waals surface area contributed by atoms with Gasteiger partial charge in [-0.15, -0.1) is 0 Å². The van der Waals surface area contributed by atoms with E-state index < -0.39 is 0 Å². The highest BCUT2D eigenvalue weighted by Gasteiger charge is 2.12. The summed E-state index contributed by atoms with van der Waals surface area (Å²) >= 11 is 0. The second-order valence-corrected chi connectivity index (χ2v) is 5.35. The maximum absolute atomic E-state index is 12.1. The highest BCUT2D eigenvalue weighted by Crippen LogP contribution is 2.03. The van der Waals surface area contributed by atoms with Gasteiger partial charge < -0.3 is 9.88 Å². The second-order valence-electron chi connectivity index (χ2n) is 5.35. The third-order valence-electron chi connectivity index (χ3n) is 3.28. The molecule has 0 bridgehead atoms. The van der Waals surface area contributed by atoms with Crippen molar-refractivity contribution in [3.05, 3.63) is 51.7 Å². The molecule has 6 nitrogen and oxygen atoms in total. The first-order valence-corrected chi connectivity index (χ1v) is 6.85. The molecule has 0 aliphatic rings. The van der Waals surface area contributed by atoms with Crippen LogP contribution < -0.4 is 10.9 Å². The predicted molar refractivity (Wildman–Crippen MR) is 80.3 cm³/mol. The molecule has 0 unspecified atom stereocenters. The molecule has 2 heterocycles. The van der Waals surface area contributed by atoms with Gasteiger partial charge in [0.05, 0.1) is 17.8 Å². The van der Waals surface area contributed by atoms with Crippen LogP contribution in [-0.2, 0) is 13.6 Å². The van der Waals surface area contributed by atoms with Gasteiger partial charge in [-0.05, 0) is 32.9 Å². The molecule has 2 aromatic rings. The first-order valence-electron chi connectivity index (χ1n) is 6.85. The van der Waals surface area contributed by atoms with Crippen molar-refractivity contribution < 1.29 is 4.79 Å². The van der Waals surface area contributed by atoms with Gasteiger partial charge in [0.1, 0.15) is 0 Å². The number of hydrogen-bond acceptors (Lipinski definition) is 3. The topological polar surface area (TPSA) is 68.9 Å². The van der Waals surface area contributed by atoms with E-state index in [0.29, 0.717) is 12.1 Å². The number of hydrogen-bond donors (Lipinski definition) is 1. The number of nitrogens with zero attached hydrogens (tertiary/aromatic N) is 3. The van der Waals surface area contributed by atoms with Gasteiger partial charge in [0.15, 0.2) is 0 Å². The molecule has 0 radical (unpaired) electrons. The molecule has 21 heavy (non-hydrogen) atoms. The number of pyridine rings is 1. The van der Waals surface area contributed by atoms with Crippen molar-refractivity contribution in [2.45, 2.75) is 33.4 Å². The van der Waals surface area contributed by atoms with E-state index in [9.17, 15) is 9.59 Å². The number of rotatable bonds is 4. The van der Waals surface area contributed by atoms with Gasteiger partial charge in [-0.3, -0.25) is 14.3 Å². The number of aromatic nitrogens is 3. The van der Waals surface area contributed by atoms with E-state index in [4.69, 9.17) is 0 Å². The third kappa shape index (κ3) is 3.59. The van der Waals surface area contributed by atoms with Crippen molar-refractivity contribution in [3.8, 4) is 0 Å². The Balaban J connectivity index is 2.03. The summed E-state index contributed by atoms with van der Waals surface area (Å²) in [7, 11) is 1.62. The maximum atomic E-state index is 12.1. The van der Waals surface area contributed by atoms with Gasteiger partial charge in [0.25, 0.3) is 5.91 Å². The molecule has 0 aliphatic carbocycles. The van der Waals surface area contributed by atoms with Gasteiger partial charge in [0.2, 0.25) is 5.56 Å². The molecular formula is C15H20N4O2. The molecule has 0 saturated carbocycles. The van der Waals surface area contributed by atoms with Gasteiger partial charge in [0, 0.05) is 31.0 Å². The summed E-state index contributed by atoms with van der Waals surface area (Å²) in [6.45, 7) is 6.46. The summed E-state index contributed by atoms with van der Waals surface area (Å²) in [5.41, 5.74) is 2.36. The van der Waals surface area contributed by atoms with Crippen molar-refractivity contribution in [1.82, 2.24) is 19.7 Å². The molecule has 1 N–H and O–H groups in total. The lowest BCUT2D eigenvalue weighted by Crippen LogP contribution is -2.36. The van der Waals surface area contributed by atoms with E-state index >= 15 is 0 Å².